The summed E-state index contributed by atoms with van der Waals surface area (Å²) >= 11 is 0. The van der Waals surface area contributed by atoms with Crippen LogP contribution in [0.5, 0.6) is 0 Å². The molecule has 0 spiro atoms. The second-order valence-electron chi connectivity index (χ2n) is 7.89. The lowest BCUT2D eigenvalue weighted by molar-refractivity contribution is 0.0597. The molecule has 1 saturated heterocycles. The van der Waals surface area contributed by atoms with E-state index in [1.54, 1.807) is 17.0 Å². The summed E-state index contributed by atoms with van der Waals surface area (Å²) in [4.78, 5) is 31.2. The number of carbonyl (C=O) groups is 2. The van der Waals surface area contributed by atoms with Crippen molar-refractivity contribution in [2.75, 3.05) is 33.2 Å². The van der Waals surface area contributed by atoms with Crippen LogP contribution in [0.3, 0.4) is 0 Å². The molecule has 0 saturated carbocycles. The first-order valence-corrected chi connectivity index (χ1v) is 10.5. The molecule has 0 aliphatic carbocycles. The summed E-state index contributed by atoms with van der Waals surface area (Å²) in [6.45, 7) is 4.24. The highest BCUT2D eigenvalue weighted by molar-refractivity contribution is 5.94. The zero-order chi connectivity index (χ0) is 21.6. The molecule has 1 fully saturated rings. The Morgan fingerprint density at radius 1 is 0.903 bits per heavy atom. The topological polar surface area (TPSA) is 57.0 Å². The van der Waals surface area contributed by atoms with Gasteiger partial charge in [-0.3, -0.25) is 14.5 Å². The zero-order valence-corrected chi connectivity index (χ0v) is 17.7. The Hall–Kier alpha value is -3.38. The smallest absolute Gasteiger partial charge is 0.289 e. The summed E-state index contributed by atoms with van der Waals surface area (Å²) in [6.07, 6.45) is 1.52. The third kappa shape index (κ3) is 5.22. The van der Waals surface area contributed by atoms with Crippen molar-refractivity contribution in [2.45, 2.75) is 13.1 Å². The van der Waals surface area contributed by atoms with Gasteiger partial charge in [-0.15, -0.1) is 0 Å². The molecule has 0 atom stereocenters. The number of amides is 2. The lowest BCUT2D eigenvalue weighted by Crippen LogP contribution is -2.48. The Labute approximate surface area is 182 Å². The highest BCUT2D eigenvalue weighted by Gasteiger charge is 2.23. The molecule has 1 aliphatic rings. The van der Waals surface area contributed by atoms with Gasteiger partial charge in [0.1, 0.15) is 0 Å². The van der Waals surface area contributed by atoms with Crippen molar-refractivity contribution in [3.63, 3.8) is 0 Å². The van der Waals surface area contributed by atoms with E-state index in [1.807, 2.05) is 66.5 Å². The second-order valence-corrected chi connectivity index (χ2v) is 7.89. The van der Waals surface area contributed by atoms with Crippen LogP contribution < -0.4 is 0 Å². The summed E-state index contributed by atoms with van der Waals surface area (Å²) < 4.78 is 5.22. The lowest BCUT2D eigenvalue weighted by Gasteiger charge is -2.34. The molecule has 0 unspecified atom stereocenters. The first-order chi connectivity index (χ1) is 15.1. The molecule has 4 rings (SSSR count). The summed E-state index contributed by atoms with van der Waals surface area (Å²) in [7, 11) is 1.83. The van der Waals surface area contributed by atoms with Crippen LogP contribution in [0.1, 0.15) is 32.0 Å². The maximum atomic E-state index is 12.9. The van der Waals surface area contributed by atoms with E-state index in [4.69, 9.17) is 4.42 Å². The molecule has 1 aromatic heterocycles. The van der Waals surface area contributed by atoms with E-state index in [-0.39, 0.29) is 11.8 Å². The van der Waals surface area contributed by atoms with Crippen molar-refractivity contribution >= 4 is 11.8 Å². The molecule has 2 aromatic carbocycles. The van der Waals surface area contributed by atoms with Gasteiger partial charge in [-0.2, -0.15) is 0 Å². The Morgan fingerprint density at radius 2 is 1.65 bits per heavy atom. The van der Waals surface area contributed by atoms with Gasteiger partial charge in [0.25, 0.3) is 11.8 Å². The maximum Gasteiger partial charge on any atom is 0.289 e. The van der Waals surface area contributed by atoms with Crippen LogP contribution in [-0.4, -0.2) is 59.7 Å². The summed E-state index contributed by atoms with van der Waals surface area (Å²) in [5.41, 5.74) is 2.91. The number of benzene rings is 2. The minimum Gasteiger partial charge on any atom is -0.459 e. The Kier molecular flexibility index (Phi) is 6.48. The average Bonchev–Trinajstić information content (AvgIpc) is 3.34. The van der Waals surface area contributed by atoms with Crippen molar-refractivity contribution in [1.29, 1.82) is 0 Å². The third-order valence-corrected chi connectivity index (χ3v) is 5.58. The maximum absolute atomic E-state index is 12.9. The minimum absolute atomic E-state index is 0.0135. The molecular weight excluding hydrogens is 390 g/mol. The fourth-order valence-corrected chi connectivity index (χ4v) is 3.88. The fraction of sp³-hybridized carbons (Fsp3) is 0.280. The van der Waals surface area contributed by atoms with E-state index >= 15 is 0 Å². The summed E-state index contributed by atoms with van der Waals surface area (Å²) in [5.74, 6) is 0.345. The first kappa shape index (κ1) is 20.9. The van der Waals surface area contributed by atoms with Crippen LogP contribution in [0.4, 0.5) is 0 Å². The van der Waals surface area contributed by atoms with E-state index < -0.39 is 0 Å². The van der Waals surface area contributed by atoms with Gasteiger partial charge < -0.3 is 14.2 Å². The number of furan rings is 1. The lowest BCUT2D eigenvalue weighted by atomic mass is 10.1. The molecule has 2 heterocycles. The molecule has 160 valence electrons. The van der Waals surface area contributed by atoms with E-state index in [9.17, 15) is 9.59 Å². The normalized spacial score (nSPS) is 14.4. The molecule has 6 heteroatoms. The molecule has 6 nitrogen and oxygen atoms in total. The SMILES string of the molecule is CN(Cc1ccccc1)C(=O)c1cccc(CN2CCN(C(=O)c3ccco3)CC2)c1. The highest BCUT2D eigenvalue weighted by Crippen LogP contribution is 2.15. The molecule has 0 bridgehead atoms. The van der Waals surface area contributed by atoms with Crippen LogP contribution >= 0.6 is 0 Å². The van der Waals surface area contributed by atoms with Crippen LogP contribution in [0.25, 0.3) is 0 Å². The minimum atomic E-state index is -0.0568. The first-order valence-electron chi connectivity index (χ1n) is 10.5. The van der Waals surface area contributed by atoms with Crippen LogP contribution in [0.2, 0.25) is 0 Å². The second kappa shape index (κ2) is 9.62. The number of carbonyl (C=O) groups excluding carboxylic acids is 2. The predicted octanol–water partition coefficient (Wildman–Crippen LogP) is 3.51. The van der Waals surface area contributed by atoms with Gasteiger partial charge in [0.05, 0.1) is 6.26 Å². The molecule has 2 amide bonds. The van der Waals surface area contributed by atoms with Crippen molar-refractivity contribution in [2.24, 2.45) is 0 Å². The Bertz CT molecular complexity index is 1010. The van der Waals surface area contributed by atoms with Gasteiger partial charge in [0.2, 0.25) is 0 Å². The van der Waals surface area contributed by atoms with Crippen molar-refractivity contribution in [3.8, 4) is 0 Å². The van der Waals surface area contributed by atoms with Crippen LogP contribution in [-0.2, 0) is 13.1 Å². The number of nitrogens with zero attached hydrogens (tertiary/aromatic N) is 3. The summed E-state index contributed by atoms with van der Waals surface area (Å²) in [6, 6.07) is 21.3. The van der Waals surface area contributed by atoms with E-state index in [1.165, 1.54) is 6.26 Å². The highest BCUT2D eigenvalue weighted by atomic mass is 16.3. The largest absolute Gasteiger partial charge is 0.459 e. The fourth-order valence-electron chi connectivity index (χ4n) is 3.88. The van der Waals surface area contributed by atoms with Gasteiger partial charge in [0.15, 0.2) is 5.76 Å². The average molecular weight is 418 g/mol. The van der Waals surface area contributed by atoms with E-state index in [2.05, 4.69) is 4.90 Å². The molecule has 31 heavy (non-hydrogen) atoms. The van der Waals surface area contributed by atoms with Crippen molar-refractivity contribution in [3.05, 3.63) is 95.4 Å². The van der Waals surface area contributed by atoms with Crippen molar-refractivity contribution in [1.82, 2.24) is 14.7 Å². The van der Waals surface area contributed by atoms with Gasteiger partial charge in [-0.25, -0.2) is 0 Å². The van der Waals surface area contributed by atoms with Crippen molar-refractivity contribution < 1.29 is 14.0 Å². The van der Waals surface area contributed by atoms with Gasteiger partial charge >= 0.3 is 0 Å². The monoisotopic (exact) mass is 417 g/mol. The Morgan fingerprint density at radius 3 is 2.35 bits per heavy atom. The van der Waals surface area contributed by atoms with Crippen LogP contribution in [0.15, 0.2) is 77.4 Å². The Balaban J connectivity index is 1.32. The predicted molar refractivity (Wildman–Crippen MR) is 119 cm³/mol. The number of hydrogen-bond acceptors (Lipinski definition) is 4. The standard InChI is InChI=1S/C25H27N3O3/c1-26(18-20-7-3-2-4-8-20)24(29)22-10-5-9-21(17-22)19-27-12-14-28(15-13-27)25(30)23-11-6-16-31-23/h2-11,16-17H,12-15,18-19H2,1H3. The van der Waals surface area contributed by atoms with Gasteiger partial charge in [-0.05, 0) is 35.4 Å². The van der Waals surface area contributed by atoms with Gasteiger partial charge in [0, 0.05) is 51.9 Å². The molecule has 0 radical (unpaired) electrons. The van der Waals surface area contributed by atoms with E-state index in [0.717, 1.165) is 30.8 Å². The third-order valence-electron chi connectivity index (χ3n) is 5.58. The van der Waals surface area contributed by atoms with E-state index in [0.29, 0.717) is 31.0 Å². The molecule has 0 N–H and O–H groups in total. The quantitative estimate of drug-likeness (QED) is 0.616. The molecular formula is C25H27N3O3. The zero-order valence-electron chi connectivity index (χ0n) is 17.7. The molecule has 1 aliphatic heterocycles. The number of rotatable bonds is 6. The van der Waals surface area contributed by atoms with Gasteiger partial charge in [-0.1, -0.05) is 42.5 Å². The number of piperazine rings is 1. The summed E-state index contributed by atoms with van der Waals surface area (Å²) in [5, 5.41) is 0. The molecule has 3 aromatic rings. The van der Waals surface area contributed by atoms with Crippen LogP contribution in [0, 0.1) is 0 Å². The number of hydrogen-bond donors (Lipinski definition) is 0.